The van der Waals surface area contributed by atoms with Crippen molar-refractivity contribution in [1.82, 2.24) is 14.8 Å². The third-order valence-electron chi connectivity index (χ3n) is 8.62. The summed E-state index contributed by atoms with van der Waals surface area (Å²) in [5, 5.41) is 9.82. The van der Waals surface area contributed by atoms with Crippen LogP contribution in [-0.4, -0.2) is 96.3 Å². The van der Waals surface area contributed by atoms with E-state index in [1.165, 1.54) is 0 Å². The molecule has 0 aromatic heterocycles. The molecule has 5 rings (SSSR count). The smallest absolute Gasteiger partial charge is 0.322 e. The van der Waals surface area contributed by atoms with Crippen LogP contribution in [0.2, 0.25) is 0 Å². The maximum Gasteiger partial charge on any atom is 0.322 e. The summed E-state index contributed by atoms with van der Waals surface area (Å²) in [5.41, 5.74) is 6.42. The number of anilines is 1. The van der Waals surface area contributed by atoms with Crippen LogP contribution in [0.1, 0.15) is 58.6 Å². The minimum Gasteiger partial charge on any atom is -0.378 e. The Hall–Kier alpha value is -4.02. The van der Waals surface area contributed by atoms with E-state index in [-0.39, 0.29) is 29.6 Å². The number of carbonyl (C=O) groups is 2. The van der Waals surface area contributed by atoms with Crippen LogP contribution < -0.4 is 5.32 Å². The molecule has 10 nitrogen and oxygen atoms in total. The summed E-state index contributed by atoms with van der Waals surface area (Å²) in [6, 6.07) is 5.73. The molecular formula is C36H48N6O4. The lowest BCUT2D eigenvalue weighted by molar-refractivity contribution is -0.130. The number of amides is 3. The predicted octanol–water partition coefficient (Wildman–Crippen LogP) is 5.68. The van der Waals surface area contributed by atoms with Crippen LogP contribution in [0.25, 0.3) is 0 Å². The summed E-state index contributed by atoms with van der Waals surface area (Å²) in [6.45, 7) is 15.8. The number of likely N-dealkylation sites (tertiary alicyclic amines) is 1. The van der Waals surface area contributed by atoms with Crippen molar-refractivity contribution in [2.75, 3.05) is 51.8 Å². The van der Waals surface area contributed by atoms with Crippen LogP contribution in [0.5, 0.6) is 0 Å². The first kappa shape index (κ1) is 33.3. The van der Waals surface area contributed by atoms with Crippen molar-refractivity contribution in [2.45, 2.75) is 66.1 Å². The summed E-state index contributed by atoms with van der Waals surface area (Å²) in [5.74, 6) is 0.248. The molecule has 246 valence electrons. The Morgan fingerprint density at radius 2 is 1.87 bits per heavy atom. The molecule has 0 bridgehead atoms. The number of urea groups is 1. The minimum absolute atomic E-state index is 0.0447. The Morgan fingerprint density at radius 3 is 2.57 bits per heavy atom. The molecule has 1 aromatic carbocycles. The van der Waals surface area contributed by atoms with E-state index in [1.807, 2.05) is 100 Å². The third kappa shape index (κ3) is 7.85. The summed E-state index contributed by atoms with van der Waals surface area (Å²) in [7, 11) is 1.92. The number of hydrazone groups is 1. The topological polar surface area (TPSA) is 99.1 Å². The van der Waals surface area contributed by atoms with Crippen molar-refractivity contribution in [3.8, 4) is 0 Å². The van der Waals surface area contributed by atoms with Gasteiger partial charge in [0.1, 0.15) is 0 Å². The van der Waals surface area contributed by atoms with Gasteiger partial charge in [0.2, 0.25) is 0 Å². The van der Waals surface area contributed by atoms with Gasteiger partial charge < -0.3 is 24.6 Å². The second-order valence-corrected chi connectivity index (χ2v) is 13.3. The Kier molecular flexibility index (Phi) is 10.3. The molecule has 1 unspecified atom stereocenters. The number of benzene rings is 1. The highest BCUT2D eigenvalue weighted by atomic mass is 16.5. The molecule has 1 atom stereocenters. The average Bonchev–Trinajstić information content (AvgIpc) is 2.99. The summed E-state index contributed by atoms with van der Waals surface area (Å²) >= 11 is 0. The van der Waals surface area contributed by atoms with E-state index in [4.69, 9.17) is 19.6 Å². The highest BCUT2D eigenvalue weighted by Gasteiger charge is 2.34. The van der Waals surface area contributed by atoms with Crippen LogP contribution in [0.3, 0.4) is 0 Å². The van der Waals surface area contributed by atoms with Gasteiger partial charge in [-0.05, 0) is 83.2 Å². The van der Waals surface area contributed by atoms with Crippen molar-refractivity contribution in [1.29, 1.82) is 0 Å². The number of ether oxygens (including phenoxy) is 2. The maximum absolute atomic E-state index is 13.2. The second-order valence-electron chi connectivity index (χ2n) is 13.3. The maximum atomic E-state index is 13.2. The van der Waals surface area contributed by atoms with Gasteiger partial charge in [0.15, 0.2) is 0 Å². The van der Waals surface area contributed by atoms with E-state index < -0.39 is 0 Å². The molecule has 1 aliphatic carbocycles. The molecule has 2 saturated heterocycles. The van der Waals surface area contributed by atoms with Gasteiger partial charge in [-0.1, -0.05) is 31.2 Å². The summed E-state index contributed by atoms with van der Waals surface area (Å²) in [6.07, 6.45) is 11.7. The van der Waals surface area contributed by atoms with Crippen LogP contribution in [0.15, 0.2) is 75.6 Å². The Bertz CT molecular complexity index is 1520. The standard InChI is InChI=1S/C36H48N6O4/c1-8-33-32(37-29-16-15-26(12-9-11-24(29)2)34(43)41-17-19-45-20-18-41)21-31(39-40(33)7)28-13-10-14-30(25(28)3)38-35(44)42-22-27(23-42)46-36(4,5)6/h8,10,12-16,21,24,27H,9,11,17-20,22-23H2,1-7H3,(H,38,44)/b16-15-,26-12?,33-8-,37-29?. The largest absolute Gasteiger partial charge is 0.378 e. The molecule has 0 saturated carbocycles. The molecule has 10 heteroatoms. The van der Waals surface area contributed by atoms with Crippen LogP contribution >= 0.6 is 0 Å². The molecule has 1 N–H and O–H groups in total. The molecule has 0 spiro atoms. The third-order valence-corrected chi connectivity index (χ3v) is 8.62. The molecule has 3 amide bonds. The summed E-state index contributed by atoms with van der Waals surface area (Å²) < 4.78 is 11.4. The lowest BCUT2D eigenvalue weighted by Gasteiger charge is -2.41. The number of nitrogens with one attached hydrogen (secondary N) is 1. The summed E-state index contributed by atoms with van der Waals surface area (Å²) in [4.78, 5) is 35.1. The van der Waals surface area contributed by atoms with Crippen LogP contribution in [0, 0.1) is 12.8 Å². The van der Waals surface area contributed by atoms with E-state index in [2.05, 4.69) is 12.2 Å². The molecule has 46 heavy (non-hydrogen) atoms. The first-order chi connectivity index (χ1) is 21.9. The Morgan fingerprint density at radius 1 is 1.13 bits per heavy atom. The number of likely N-dealkylation sites (N-methyl/N-ethyl adjacent to an activating group) is 1. The number of hydrogen-bond donors (Lipinski definition) is 1. The minimum atomic E-state index is -0.234. The van der Waals surface area contributed by atoms with Crippen molar-refractivity contribution in [2.24, 2.45) is 16.0 Å². The van der Waals surface area contributed by atoms with Gasteiger partial charge >= 0.3 is 6.03 Å². The lowest BCUT2D eigenvalue weighted by atomic mass is 9.94. The van der Waals surface area contributed by atoms with Gasteiger partial charge in [-0.2, -0.15) is 5.10 Å². The average molecular weight is 629 g/mol. The number of rotatable bonds is 5. The van der Waals surface area contributed by atoms with Crippen LogP contribution in [0.4, 0.5) is 10.5 Å². The first-order valence-electron chi connectivity index (χ1n) is 16.3. The van der Waals surface area contributed by atoms with Gasteiger partial charge in [-0.3, -0.25) is 14.8 Å². The number of carbonyl (C=O) groups excluding carboxylic acids is 2. The van der Waals surface area contributed by atoms with Gasteiger partial charge in [0.05, 0.1) is 55.1 Å². The fraction of sp³-hybridized carbons (Fsp3) is 0.500. The van der Waals surface area contributed by atoms with E-state index >= 15 is 0 Å². The Labute approximate surface area is 273 Å². The number of aliphatic imine (C=N–C) groups is 1. The van der Waals surface area contributed by atoms with Crippen molar-refractivity contribution < 1.29 is 19.1 Å². The zero-order chi connectivity index (χ0) is 33.0. The van der Waals surface area contributed by atoms with Gasteiger partial charge in [-0.15, -0.1) is 0 Å². The van der Waals surface area contributed by atoms with Crippen LogP contribution in [-0.2, 0) is 14.3 Å². The van der Waals surface area contributed by atoms with Gasteiger partial charge in [0, 0.05) is 42.7 Å². The predicted molar refractivity (Wildman–Crippen MR) is 183 cm³/mol. The highest BCUT2D eigenvalue weighted by Crippen LogP contribution is 2.29. The van der Waals surface area contributed by atoms with Gasteiger partial charge in [0.25, 0.3) is 5.91 Å². The molecular weight excluding hydrogens is 580 g/mol. The normalized spacial score (nSPS) is 23.7. The van der Waals surface area contributed by atoms with Crippen molar-refractivity contribution >= 4 is 29.0 Å². The zero-order valence-corrected chi connectivity index (χ0v) is 28.3. The fourth-order valence-corrected chi connectivity index (χ4v) is 6.03. The first-order valence-corrected chi connectivity index (χ1v) is 16.3. The molecule has 2 fully saturated rings. The lowest BCUT2D eigenvalue weighted by Crippen LogP contribution is -2.57. The van der Waals surface area contributed by atoms with Crippen molar-refractivity contribution in [3.63, 3.8) is 0 Å². The Balaban J connectivity index is 1.37. The van der Waals surface area contributed by atoms with E-state index in [0.717, 1.165) is 52.5 Å². The quantitative estimate of drug-likeness (QED) is 0.453. The second kappa shape index (κ2) is 14.2. The SMILES string of the molecule is C/C=C1/C(N=C2/C=C\C(C(=O)N3CCOCC3)=CCCC2C)=CC(c2cccc(NC(=O)N3CC(OC(C)(C)C)C3)c2C)=NN1C. The van der Waals surface area contributed by atoms with Crippen molar-refractivity contribution in [3.05, 3.63) is 76.7 Å². The number of morpholine rings is 1. The zero-order valence-electron chi connectivity index (χ0n) is 28.3. The molecule has 1 aromatic rings. The molecule has 4 aliphatic rings. The highest BCUT2D eigenvalue weighted by molar-refractivity contribution is 6.12. The fourth-order valence-electron chi connectivity index (χ4n) is 6.03. The molecule has 0 radical (unpaired) electrons. The number of allylic oxidation sites excluding steroid dienone is 4. The number of hydrogen-bond acceptors (Lipinski definition) is 7. The van der Waals surface area contributed by atoms with E-state index in [0.29, 0.717) is 45.0 Å². The van der Waals surface area contributed by atoms with Gasteiger partial charge in [-0.25, -0.2) is 4.79 Å². The molecule has 3 heterocycles. The van der Waals surface area contributed by atoms with E-state index in [9.17, 15) is 9.59 Å². The van der Waals surface area contributed by atoms with E-state index in [1.54, 1.807) is 4.90 Å². The molecule has 3 aliphatic heterocycles. The number of nitrogens with zero attached hydrogens (tertiary/aromatic N) is 5. The monoisotopic (exact) mass is 628 g/mol.